The van der Waals surface area contributed by atoms with E-state index in [1.54, 1.807) is 7.05 Å². The summed E-state index contributed by atoms with van der Waals surface area (Å²) < 4.78 is 26.1. The summed E-state index contributed by atoms with van der Waals surface area (Å²) in [4.78, 5) is 30.5. The number of anilines is 1. The largest absolute Gasteiger partial charge is 0.371 e. The van der Waals surface area contributed by atoms with Gasteiger partial charge < -0.3 is 24.4 Å². The van der Waals surface area contributed by atoms with Gasteiger partial charge in [0.2, 0.25) is 0 Å². The van der Waals surface area contributed by atoms with Gasteiger partial charge >= 0.3 is 6.72 Å². The Labute approximate surface area is 135 Å². The van der Waals surface area contributed by atoms with Crippen molar-refractivity contribution in [2.45, 2.75) is 24.9 Å². The molecule has 0 unspecified atom stereocenters. The second-order valence-corrected chi connectivity index (χ2v) is 7.65. The molecule has 9 nitrogen and oxygen atoms in total. The first kappa shape index (κ1) is 16.6. The van der Waals surface area contributed by atoms with E-state index < -0.39 is 25.2 Å². The molecule has 3 N–H and O–H groups in total. The number of halogens is 1. The molecule has 0 aromatic carbocycles. The summed E-state index contributed by atoms with van der Waals surface area (Å²) in [7, 11) is 1.70. The molecule has 126 valence electrons. The Morgan fingerprint density at radius 1 is 1.52 bits per heavy atom. The maximum atomic E-state index is 14.3. The fraction of sp³-hybridized carbons (Fsp3) is 0.545. The van der Waals surface area contributed by atoms with Crippen LogP contribution in [-0.4, -0.2) is 55.2 Å². The van der Waals surface area contributed by atoms with Gasteiger partial charge in [-0.1, -0.05) is 0 Å². The van der Waals surface area contributed by atoms with E-state index in [-0.39, 0.29) is 13.0 Å². The number of rotatable bonds is 5. The molecule has 1 aliphatic heterocycles. The lowest BCUT2D eigenvalue weighted by atomic mass is 10.2. The number of hydrogen-bond donors (Lipinski definition) is 3. The van der Waals surface area contributed by atoms with Crippen LogP contribution in [0.2, 0.25) is 0 Å². The Morgan fingerprint density at radius 2 is 2.30 bits per heavy atom. The maximum Gasteiger partial charge on any atom is 0.321 e. The van der Waals surface area contributed by atoms with Crippen molar-refractivity contribution >= 4 is 35.5 Å². The zero-order chi connectivity index (χ0) is 16.6. The van der Waals surface area contributed by atoms with E-state index in [9.17, 15) is 4.39 Å². The lowest BCUT2D eigenvalue weighted by Crippen LogP contribution is -2.17. The predicted molar refractivity (Wildman–Crippen MR) is 83.0 cm³/mol. The van der Waals surface area contributed by atoms with Gasteiger partial charge in [0.1, 0.15) is 18.0 Å². The van der Waals surface area contributed by atoms with Crippen LogP contribution in [-0.2, 0) is 21.1 Å². The number of nitrogens with zero attached hydrogens (tertiary/aromatic N) is 4. The van der Waals surface area contributed by atoms with Crippen LogP contribution in [0, 0.1) is 0 Å². The van der Waals surface area contributed by atoms with Crippen molar-refractivity contribution in [3.63, 3.8) is 0 Å². The highest BCUT2D eigenvalue weighted by molar-refractivity contribution is 8.06. The minimum Gasteiger partial charge on any atom is -0.371 e. The molecule has 3 rings (SSSR count). The van der Waals surface area contributed by atoms with Crippen LogP contribution < -0.4 is 5.32 Å². The molecule has 2 aromatic rings. The highest BCUT2D eigenvalue weighted by Gasteiger charge is 2.38. The average molecular weight is 363 g/mol. The van der Waals surface area contributed by atoms with Crippen LogP contribution in [0.15, 0.2) is 12.7 Å². The molecule has 2 aromatic heterocycles. The van der Waals surface area contributed by atoms with Crippen molar-refractivity contribution < 1.29 is 23.4 Å². The van der Waals surface area contributed by atoms with Crippen molar-refractivity contribution in [2.75, 3.05) is 19.0 Å². The molecule has 3 atom stereocenters. The van der Waals surface area contributed by atoms with E-state index >= 15 is 0 Å². The first-order valence-corrected chi connectivity index (χ1v) is 9.36. The van der Waals surface area contributed by atoms with Crippen LogP contribution in [0.25, 0.3) is 11.2 Å². The zero-order valence-corrected chi connectivity index (χ0v) is 13.7. The van der Waals surface area contributed by atoms with Gasteiger partial charge in [0.05, 0.1) is 19.0 Å². The summed E-state index contributed by atoms with van der Waals surface area (Å²) in [5, 5.41) is 2.89. The number of imidazole rings is 1. The molecule has 0 radical (unpaired) electrons. The molecule has 23 heavy (non-hydrogen) atoms. The second-order valence-electron chi connectivity index (χ2n) is 4.98. The number of ether oxygens (including phenoxy) is 1. The van der Waals surface area contributed by atoms with Crippen molar-refractivity contribution in [1.29, 1.82) is 0 Å². The molecular weight excluding hydrogens is 348 g/mol. The van der Waals surface area contributed by atoms with Gasteiger partial charge in [-0.25, -0.2) is 19.3 Å². The summed E-state index contributed by atoms with van der Waals surface area (Å²) in [6, 6.07) is 0. The topological polar surface area (TPSA) is 115 Å². The number of aromatic nitrogens is 4. The van der Waals surface area contributed by atoms with Gasteiger partial charge in [0, 0.05) is 13.5 Å². The third kappa shape index (κ3) is 3.49. The van der Waals surface area contributed by atoms with Crippen LogP contribution in [0.1, 0.15) is 12.6 Å². The SMILES string of the molecule is CNc1ncnc2c1ncn2[C@H]1O[C@H](COP(O)(O)=S)C[C@@H]1F. The Morgan fingerprint density at radius 3 is 3.00 bits per heavy atom. The molecule has 12 heteroatoms. The van der Waals surface area contributed by atoms with Gasteiger partial charge in [-0.3, -0.25) is 4.57 Å². The molecule has 0 bridgehead atoms. The van der Waals surface area contributed by atoms with Gasteiger partial charge in [-0.15, -0.1) is 0 Å². The number of alkyl halides is 1. The van der Waals surface area contributed by atoms with Crippen LogP contribution in [0.4, 0.5) is 10.2 Å². The molecule has 0 saturated carbocycles. The van der Waals surface area contributed by atoms with Crippen molar-refractivity contribution in [2.24, 2.45) is 0 Å². The van der Waals surface area contributed by atoms with E-state index in [1.807, 2.05) is 0 Å². The van der Waals surface area contributed by atoms with E-state index in [0.29, 0.717) is 17.0 Å². The molecule has 3 heterocycles. The van der Waals surface area contributed by atoms with Gasteiger partial charge in [-0.05, 0) is 11.8 Å². The third-order valence-electron chi connectivity index (χ3n) is 3.43. The fourth-order valence-corrected chi connectivity index (χ4v) is 3.00. The minimum absolute atomic E-state index is 0.0453. The smallest absolute Gasteiger partial charge is 0.321 e. The Bertz CT molecular complexity index is 755. The highest BCUT2D eigenvalue weighted by atomic mass is 32.5. The van der Waals surface area contributed by atoms with Gasteiger partial charge in [0.15, 0.2) is 17.7 Å². The predicted octanol–water partition coefficient (Wildman–Crippen LogP) is 0.719. The summed E-state index contributed by atoms with van der Waals surface area (Å²) in [6.45, 7) is -3.97. The molecular formula is C11H15FN5O4PS. The fourth-order valence-electron chi connectivity index (χ4n) is 2.45. The normalized spacial score (nSPS) is 25.1. The number of nitrogens with one attached hydrogen (secondary N) is 1. The molecule has 0 aliphatic carbocycles. The minimum atomic E-state index is -3.78. The highest BCUT2D eigenvalue weighted by Crippen LogP contribution is 2.39. The quantitative estimate of drug-likeness (QED) is 0.661. The van der Waals surface area contributed by atoms with E-state index in [4.69, 9.17) is 19.0 Å². The Balaban J connectivity index is 1.81. The van der Waals surface area contributed by atoms with E-state index in [0.717, 1.165) is 0 Å². The Hall–Kier alpha value is -1.23. The van der Waals surface area contributed by atoms with E-state index in [2.05, 4.69) is 32.1 Å². The summed E-state index contributed by atoms with van der Waals surface area (Å²) in [5.41, 5.74) is 0.944. The molecule has 1 aliphatic rings. The van der Waals surface area contributed by atoms with Gasteiger partial charge in [-0.2, -0.15) is 0 Å². The monoisotopic (exact) mass is 363 g/mol. The van der Waals surface area contributed by atoms with Crippen molar-refractivity contribution in [3.8, 4) is 0 Å². The summed E-state index contributed by atoms with van der Waals surface area (Å²) in [5.74, 6) is 0.531. The standard InChI is InChI=1S/C11H15FN5O4PS/c1-13-9-8-10(15-4-14-9)17(5-16-8)11-7(12)2-6(21-11)3-20-22(18,19)23/h4-7,11H,2-3H2,1H3,(H,13,14,15)(H2,18,19,23)/t6-,7-,11-/m0/s1. The van der Waals surface area contributed by atoms with E-state index in [1.165, 1.54) is 17.2 Å². The third-order valence-corrected chi connectivity index (χ3v) is 4.23. The first-order chi connectivity index (χ1) is 10.9. The molecule has 1 fully saturated rings. The number of hydrogen-bond acceptors (Lipinski definition) is 7. The Kier molecular flexibility index (Phi) is 4.59. The lowest BCUT2D eigenvalue weighted by Gasteiger charge is -2.16. The van der Waals surface area contributed by atoms with Gasteiger partial charge in [0.25, 0.3) is 0 Å². The average Bonchev–Trinajstić information content (AvgIpc) is 3.07. The van der Waals surface area contributed by atoms with Crippen molar-refractivity contribution in [3.05, 3.63) is 12.7 Å². The second kappa shape index (κ2) is 6.34. The summed E-state index contributed by atoms with van der Waals surface area (Å²) in [6.07, 6.45) is -0.0532. The molecule has 0 spiro atoms. The number of fused-ring (bicyclic) bond motifs is 1. The van der Waals surface area contributed by atoms with Crippen molar-refractivity contribution in [1.82, 2.24) is 19.5 Å². The first-order valence-electron chi connectivity index (χ1n) is 6.74. The zero-order valence-electron chi connectivity index (χ0n) is 12.0. The van der Waals surface area contributed by atoms with Crippen LogP contribution >= 0.6 is 6.72 Å². The summed E-state index contributed by atoms with van der Waals surface area (Å²) >= 11 is 4.36. The van der Waals surface area contributed by atoms with Crippen LogP contribution in [0.5, 0.6) is 0 Å². The maximum absolute atomic E-state index is 14.3. The van der Waals surface area contributed by atoms with Crippen LogP contribution in [0.3, 0.4) is 0 Å². The molecule has 0 amide bonds. The molecule has 1 saturated heterocycles. The lowest BCUT2D eigenvalue weighted by molar-refractivity contribution is -0.0327.